The van der Waals surface area contributed by atoms with E-state index in [1.165, 1.54) is 0 Å². The molecule has 2 saturated carbocycles. The summed E-state index contributed by atoms with van der Waals surface area (Å²) < 4.78 is 0. The number of hydrogen-bond acceptors (Lipinski definition) is 4. The van der Waals surface area contributed by atoms with Crippen LogP contribution in [0, 0.1) is 23.2 Å². The van der Waals surface area contributed by atoms with Crippen molar-refractivity contribution in [2.45, 2.75) is 63.5 Å². The maximum absolute atomic E-state index is 12.8. The first-order valence-corrected chi connectivity index (χ1v) is 8.69. The average Bonchev–Trinajstić information content (AvgIpc) is 3.36. The molecule has 4 amide bonds. The molecule has 0 radical (unpaired) electrons. The molecule has 1 spiro atoms. The number of nitrogens with zero attached hydrogens (tertiary/aromatic N) is 2. The highest BCUT2D eigenvalue weighted by Crippen LogP contribution is 2.40. The Balaban J connectivity index is 1.69. The number of rotatable bonds is 4. The van der Waals surface area contributed by atoms with Gasteiger partial charge < -0.3 is 10.6 Å². The zero-order chi connectivity index (χ0) is 17.5. The van der Waals surface area contributed by atoms with E-state index in [0.717, 1.165) is 37.0 Å². The molecular weight excluding hydrogens is 308 g/mol. The fourth-order valence-corrected chi connectivity index (χ4v) is 3.99. The molecule has 3 aliphatic rings. The van der Waals surface area contributed by atoms with Gasteiger partial charge in [0.05, 0.1) is 6.07 Å². The lowest BCUT2D eigenvalue weighted by molar-refractivity contribution is -0.137. The Hall–Kier alpha value is -2.10. The van der Waals surface area contributed by atoms with E-state index in [0.29, 0.717) is 6.42 Å². The largest absolute Gasteiger partial charge is 0.336 e. The molecule has 1 aliphatic heterocycles. The van der Waals surface area contributed by atoms with Crippen LogP contribution in [0.15, 0.2) is 0 Å². The Morgan fingerprint density at radius 2 is 2.12 bits per heavy atom. The van der Waals surface area contributed by atoms with Crippen LogP contribution in [-0.4, -0.2) is 40.4 Å². The number of hydrogen-bond donors (Lipinski definition) is 2. The van der Waals surface area contributed by atoms with E-state index < -0.39 is 23.0 Å². The Morgan fingerprint density at radius 3 is 2.71 bits per heavy atom. The third-order valence-electron chi connectivity index (χ3n) is 5.83. The minimum Gasteiger partial charge on any atom is -0.336 e. The van der Waals surface area contributed by atoms with Crippen molar-refractivity contribution >= 4 is 17.8 Å². The predicted octanol–water partition coefficient (Wildman–Crippen LogP) is 1.30. The van der Waals surface area contributed by atoms with E-state index in [-0.39, 0.29) is 24.3 Å². The fourth-order valence-electron chi connectivity index (χ4n) is 3.99. The highest BCUT2D eigenvalue weighted by atomic mass is 16.2. The SMILES string of the molecule is C[C@H]1CCCC[C@]12NC(=O)N(CC(=O)N[C@@](C)(C#N)C1CC1)C2=O. The first-order chi connectivity index (χ1) is 11.3. The van der Waals surface area contributed by atoms with Crippen molar-refractivity contribution in [3.63, 3.8) is 0 Å². The molecule has 1 saturated heterocycles. The van der Waals surface area contributed by atoms with Crippen molar-refractivity contribution in [2.24, 2.45) is 11.8 Å². The van der Waals surface area contributed by atoms with Crippen LogP contribution < -0.4 is 10.6 Å². The second kappa shape index (κ2) is 5.76. The van der Waals surface area contributed by atoms with Crippen molar-refractivity contribution in [2.75, 3.05) is 6.54 Å². The van der Waals surface area contributed by atoms with Crippen molar-refractivity contribution in [3.05, 3.63) is 0 Å². The normalized spacial score (nSPS) is 32.2. The molecule has 3 fully saturated rings. The average molecular weight is 332 g/mol. The van der Waals surface area contributed by atoms with Crippen LogP contribution in [0.2, 0.25) is 0 Å². The monoisotopic (exact) mass is 332 g/mol. The molecule has 3 rings (SSSR count). The summed E-state index contributed by atoms with van der Waals surface area (Å²) in [5.74, 6) is -0.555. The Morgan fingerprint density at radius 1 is 1.42 bits per heavy atom. The van der Waals surface area contributed by atoms with Gasteiger partial charge >= 0.3 is 6.03 Å². The van der Waals surface area contributed by atoms with Gasteiger partial charge in [-0.05, 0) is 44.4 Å². The number of nitriles is 1. The van der Waals surface area contributed by atoms with Crippen LogP contribution in [0.5, 0.6) is 0 Å². The molecule has 1 heterocycles. The van der Waals surface area contributed by atoms with Crippen LogP contribution in [0.3, 0.4) is 0 Å². The van der Waals surface area contributed by atoms with Crippen LogP contribution in [0.1, 0.15) is 52.4 Å². The fraction of sp³-hybridized carbons (Fsp3) is 0.765. The second-order valence-electron chi connectivity index (χ2n) is 7.58. The maximum Gasteiger partial charge on any atom is 0.325 e. The van der Waals surface area contributed by atoms with Gasteiger partial charge in [-0.2, -0.15) is 5.26 Å². The Kier molecular flexibility index (Phi) is 4.02. The summed E-state index contributed by atoms with van der Waals surface area (Å²) in [6.45, 7) is 3.34. The number of amides is 4. The van der Waals surface area contributed by atoms with Gasteiger partial charge in [0.15, 0.2) is 0 Å². The maximum atomic E-state index is 12.8. The zero-order valence-corrected chi connectivity index (χ0v) is 14.2. The number of imide groups is 1. The van der Waals surface area contributed by atoms with Crippen molar-refractivity contribution in [1.29, 1.82) is 5.26 Å². The van der Waals surface area contributed by atoms with Gasteiger partial charge in [0.1, 0.15) is 17.6 Å². The van der Waals surface area contributed by atoms with Gasteiger partial charge in [-0.1, -0.05) is 19.8 Å². The van der Waals surface area contributed by atoms with Crippen LogP contribution >= 0.6 is 0 Å². The molecule has 2 aliphatic carbocycles. The minimum atomic E-state index is -0.924. The quantitative estimate of drug-likeness (QED) is 0.757. The lowest BCUT2D eigenvalue weighted by atomic mass is 9.73. The number of urea groups is 1. The minimum absolute atomic E-state index is 0.0617. The first kappa shape index (κ1) is 16.7. The smallest absolute Gasteiger partial charge is 0.325 e. The Labute approximate surface area is 141 Å². The number of carbonyl (C=O) groups is 3. The van der Waals surface area contributed by atoms with Crippen LogP contribution in [0.4, 0.5) is 4.79 Å². The van der Waals surface area contributed by atoms with Gasteiger partial charge in [0.2, 0.25) is 5.91 Å². The van der Waals surface area contributed by atoms with Crippen molar-refractivity contribution in [1.82, 2.24) is 15.5 Å². The summed E-state index contributed by atoms with van der Waals surface area (Å²) in [6, 6.07) is 1.64. The standard InChI is InChI=1S/C17H24N4O3/c1-11-5-3-4-8-17(11)14(23)21(15(24)20-17)9-13(22)19-16(2,10-18)12-6-7-12/h11-12H,3-9H2,1-2H3,(H,19,22)(H,20,24)/t11-,16-,17-/m0/s1. The van der Waals surface area contributed by atoms with Crippen LogP contribution in [0.25, 0.3) is 0 Å². The van der Waals surface area contributed by atoms with E-state index >= 15 is 0 Å². The summed E-state index contributed by atoms with van der Waals surface area (Å²) in [5, 5.41) is 14.8. The number of carbonyl (C=O) groups excluding carboxylic acids is 3. The summed E-state index contributed by atoms with van der Waals surface area (Å²) in [6.07, 6.45) is 5.27. The Bertz CT molecular complexity index is 624. The van der Waals surface area contributed by atoms with Crippen LogP contribution in [-0.2, 0) is 9.59 Å². The molecule has 0 aromatic rings. The molecule has 0 unspecified atom stereocenters. The van der Waals surface area contributed by atoms with Gasteiger partial charge in [0, 0.05) is 0 Å². The molecule has 24 heavy (non-hydrogen) atoms. The predicted molar refractivity (Wildman–Crippen MR) is 85.5 cm³/mol. The lowest BCUT2D eigenvalue weighted by Crippen LogP contribution is -2.54. The summed E-state index contributed by atoms with van der Waals surface area (Å²) in [7, 11) is 0. The third-order valence-corrected chi connectivity index (χ3v) is 5.83. The lowest BCUT2D eigenvalue weighted by Gasteiger charge is -2.36. The molecule has 2 N–H and O–H groups in total. The van der Waals surface area contributed by atoms with Crippen molar-refractivity contribution < 1.29 is 14.4 Å². The highest BCUT2D eigenvalue weighted by Gasteiger charge is 2.55. The number of nitrogens with one attached hydrogen (secondary N) is 2. The molecule has 0 aromatic heterocycles. The molecular formula is C17H24N4O3. The van der Waals surface area contributed by atoms with Gasteiger partial charge in [-0.3, -0.25) is 14.5 Å². The van der Waals surface area contributed by atoms with E-state index in [2.05, 4.69) is 16.7 Å². The second-order valence-corrected chi connectivity index (χ2v) is 7.58. The van der Waals surface area contributed by atoms with E-state index in [1.54, 1.807) is 6.92 Å². The molecule has 7 heteroatoms. The van der Waals surface area contributed by atoms with E-state index in [1.807, 2.05) is 6.92 Å². The van der Waals surface area contributed by atoms with E-state index in [4.69, 9.17) is 0 Å². The highest BCUT2D eigenvalue weighted by molar-refractivity contribution is 6.09. The zero-order valence-electron chi connectivity index (χ0n) is 14.2. The molecule has 3 atom stereocenters. The molecule has 0 aromatic carbocycles. The topological polar surface area (TPSA) is 102 Å². The molecule has 7 nitrogen and oxygen atoms in total. The van der Waals surface area contributed by atoms with Gasteiger partial charge in [-0.15, -0.1) is 0 Å². The van der Waals surface area contributed by atoms with Crippen molar-refractivity contribution in [3.8, 4) is 6.07 Å². The van der Waals surface area contributed by atoms with Gasteiger partial charge in [-0.25, -0.2) is 4.79 Å². The summed E-state index contributed by atoms with van der Waals surface area (Å²) >= 11 is 0. The summed E-state index contributed by atoms with van der Waals surface area (Å²) in [5.41, 5.74) is -1.78. The van der Waals surface area contributed by atoms with Gasteiger partial charge in [0.25, 0.3) is 5.91 Å². The summed E-state index contributed by atoms with van der Waals surface area (Å²) in [4.78, 5) is 38.4. The third kappa shape index (κ3) is 2.64. The van der Waals surface area contributed by atoms with E-state index in [9.17, 15) is 19.6 Å². The molecule has 0 bridgehead atoms. The first-order valence-electron chi connectivity index (χ1n) is 8.69. The molecule has 130 valence electrons.